The van der Waals surface area contributed by atoms with Gasteiger partial charge in [-0.25, -0.2) is 0 Å². The fraction of sp³-hybridized carbons (Fsp3) is 0.385. The third kappa shape index (κ3) is 2.01. The number of piperidine rings is 1. The molecule has 2 aromatic rings. The Labute approximate surface area is 105 Å². The van der Waals surface area contributed by atoms with Gasteiger partial charge in [0, 0.05) is 30.6 Å². The Morgan fingerprint density at radius 2 is 2.06 bits per heavy atom. The molecule has 0 unspecified atom stereocenters. The SMILES string of the molecule is NC1CCN(c2cc3cccc(Cl)c3o2)CC1. The summed E-state index contributed by atoms with van der Waals surface area (Å²) in [6, 6.07) is 8.20. The lowest BCUT2D eigenvalue weighted by molar-refractivity contribution is 0.472. The summed E-state index contributed by atoms with van der Waals surface area (Å²) < 4.78 is 5.83. The van der Waals surface area contributed by atoms with Crippen LogP contribution in [0.2, 0.25) is 5.02 Å². The number of hydrogen-bond donors (Lipinski definition) is 1. The first kappa shape index (κ1) is 10.9. The Hall–Kier alpha value is -1.19. The molecular weight excluding hydrogens is 236 g/mol. The molecule has 0 bridgehead atoms. The molecule has 17 heavy (non-hydrogen) atoms. The second-order valence-corrected chi connectivity index (χ2v) is 4.97. The van der Waals surface area contributed by atoms with Crippen molar-refractivity contribution in [3.8, 4) is 0 Å². The molecule has 1 aliphatic heterocycles. The molecule has 4 heteroatoms. The van der Waals surface area contributed by atoms with E-state index >= 15 is 0 Å². The molecule has 0 atom stereocenters. The molecule has 1 fully saturated rings. The largest absolute Gasteiger partial charge is 0.439 e. The van der Waals surface area contributed by atoms with E-state index in [9.17, 15) is 0 Å². The predicted molar refractivity (Wildman–Crippen MR) is 70.6 cm³/mol. The maximum atomic E-state index is 6.10. The summed E-state index contributed by atoms with van der Waals surface area (Å²) in [6.07, 6.45) is 2.04. The zero-order valence-corrected chi connectivity index (χ0v) is 10.3. The minimum atomic E-state index is 0.333. The van der Waals surface area contributed by atoms with Gasteiger partial charge in [0.25, 0.3) is 0 Å². The Morgan fingerprint density at radius 3 is 2.76 bits per heavy atom. The number of para-hydroxylation sites is 1. The molecule has 2 N–H and O–H groups in total. The maximum Gasteiger partial charge on any atom is 0.196 e. The number of furan rings is 1. The minimum Gasteiger partial charge on any atom is -0.439 e. The summed E-state index contributed by atoms with van der Waals surface area (Å²) in [5, 5.41) is 1.73. The topological polar surface area (TPSA) is 42.4 Å². The Morgan fingerprint density at radius 1 is 1.29 bits per heavy atom. The lowest BCUT2D eigenvalue weighted by Gasteiger charge is -2.29. The highest BCUT2D eigenvalue weighted by atomic mass is 35.5. The molecule has 0 spiro atoms. The molecular formula is C13H15ClN2O. The molecule has 0 radical (unpaired) electrons. The maximum absolute atomic E-state index is 6.10. The second kappa shape index (κ2) is 4.24. The zero-order chi connectivity index (χ0) is 11.8. The van der Waals surface area contributed by atoms with E-state index < -0.39 is 0 Å². The van der Waals surface area contributed by atoms with Crippen molar-refractivity contribution in [1.82, 2.24) is 0 Å². The van der Waals surface area contributed by atoms with Crippen LogP contribution in [0.1, 0.15) is 12.8 Å². The van der Waals surface area contributed by atoms with Crippen LogP contribution in [0.25, 0.3) is 11.0 Å². The van der Waals surface area contributed by atoms with Gasteiger partial charge in [0.05, 0.1) is 5.02 Å². The number of benzene rings is 1. The van der Waals surface area contributed by atoms with Crippen LogP contribution in [0, 0.1) is 0 Å². The van der Waals surface area contributed by atoms with Gasteiger partial charge in [-0.3, -0.25) is 0 Å². The molecule has 90 valence electrons. The predicted octanol–water partition coefficient (Wildman–Crippen LogP) is 3.01. The van der Waals surface area contributed by atoms with Crippen LogP contribution < -0.4 is 10.6 Å². The van der Waals surface area contributed by atoms with Crippen LogP contribution in [0.4, 0.5) is 5.88 Å². The lowest BCUT2D eigenvalue weighted by Crippen LogP contribution is -2.39. The molecule has 0 aliphatic carbocycles. The van der Waals surface area contributed by atoms with E-state index in [4.69, 9.17) is 21.8 Å². The quantitative estimate of drug-likeness (QED) is 0.846. The summed E-state index contributed by atoms with van der Waals surface area (Å²) in [5.74, 6) is 0.903. The summed E-state index contributed by atoms with van der Waals surface area (Å²) >= 11 is 6.10. The molecule has 1 saturated heterocycles. The average molecular weight is 251 g/mol. The van der Waals surface area contributed by atoms with Crippen LogP contribution in [0.5, 0.6) is 0 Å². The van der Waals surface area contributed by atoms with Crippen molar-refractivity contribution in [1.29, 1.82) is 0 Å². The van der Waals surface area contributed by atoms with Gasteiger partial charge in [-0.15, -0.1) is 0 Å². The van der Waals surface area contributed by atoms with Crippen LogP contribution in [-0.2, 0) is 0 Å². The lowest BCUT2D eigenvalue weighted by atomic mass is 10.1. The standard InChI is InChI=1S/C13H15ClN2O/c14-11-3-1-2-9-8-12(17-13(9)11)16-6-4-10(15)5-7-16/h1-3,8,10H,4-7,15H2. The Bertz CT molecular complexity index is 529. The third-order valence-corrected chi connectivity index (χ3v) is 3.63. The fourth-order valence-electron chi connectivity index (χ4n) is 2.29. The zero-order valence-electron chi connectivity index (χ0n) is 9.53. The highest BCUT2D eigenvalue weighted by Gasteiger charge is 2.19. The number of hydrogen-bond acceptors (Lipinski definition) is 3. The van der Waals surface area contributed by atoms with Crippen molar-refractivity contribution < 1.29 is 4.42 Å². The van der Waals surface area contributed by atoms with Crippen LogP contribution >= 0.6 is 11.6 Å². The van der Waals surface area contributed by atoms with Crippen LogP contribution in [0.3, 0.4) is 0 Å². The van der Waals surface area contributed by atoms with Gasteiger partial charge in [0.15, 0.2) is 11.5 Å². The summed E-state index contributed by atoms with van der Waals surface area (Å²) in [6.45, 7) is 1.91. The molecule has 3 rings (SSSR count). The summed E-state index contributed by atoms with van der Waals surface area (Å²) in [4.78, 5) is 2.24. The molecule has 0 amide bonds. The van der Waals surface area contributed by atoms with Gasteiger partial charge in [-0.2, -0.15) is 0 Å². The number of rotatable bonds is 1. The van der Waals surface area contributed by atoms with E-state index in [2.05, 4.69) is 11.0 Å². The molecule has 2 heterocycles. The minimum absolute atomic E-state index is 0.333. The molecule has 1 aliphatic rings. The van der Waals surface area contributed by atoms with Crippen molar-refractivity contribution in [2.24, 2.45) is 5.73 Å². The Balaban J connectivity index is 1.93. The van der Waals surface area contributed by atoms with E-state index in [1.807, 2.05) is 18.2 Å². The van der Waals surface area contributed by atoms with Crippen molar-refractivity contribution in [3.63, 3.8) is 0 Å². The first-order valence-corrected chi connectivity index (χ1v) is 6.30. The number of nitrogens with two attached hydrogens (primary N) is 1. The molecule has 0 saturated carbocycles. The summed E-state index contributed by atoms with van der Waals surface area (Å²) in [7, 11) is 0. The van der Waals surface area contributed by atoms with E-state index in [0.29, 0.717) is 11.1 Å². The molecule has 1 aromatic heterocycles. The monoisotopic (exact) mass is 250 g/mol. The van der Waals surface area contributed by atoms with E-state index in [-0.39, 0.29) is 0 Å². The van der Waals surface area contributed by atoms with Crippen molar-refractivity contribution in [2.45, 2.75) is 18.9 Å². The van der Waals surface area contributed by atoms with Crippen molar-refractivity contribution in [2.75, 3.05) is 18.0 Å². The van der Waals surface area contributed by atoms with Crippen molar-refractivity contribution in [3.05, 3.63) is 29.3 Å². The first-order valence-electron chi connectivity index (χ1n) is 5.92. The van der Waals surface area contributed by atoms with Gasteiger partial charge >= 0.3 is 0 Å². The van der Waals surface area contributed by atoms with Gasteiger partial charge in [-0.05, 0) is 18.9 Å². The molecule has 3 nitrogen and oxygen atoms in total. The normalized spacial score (nSPS) is 17.9. The van der Waals surface area contributed by atoms with Crippen molar-refractivity contribution >= 4 is 28.5 Å². The van der Waals surface area contributed by atoms with E-state index in [0.717, 1.165) is 42.8 Å². The fourth-order valence-corrected chi connectivity index (χ4v) is 2.51. The number of anilines is 1. The van der Waals surface area contributed by atoms with Gasteiger partial charge < -0.3 is 15.1 Å². The number of fused-ring (bicyclic) bond motifs is 1. The van der Waals surface area contributed by atoms with Gasteiger partial charge in [-0.1, -0.05) is 23.7 Å². The van der Waals surface area contributed by atoms with Crippen LogP contribution in [0.15, 0.2) is 28.7 Å². The summed E-state index contributed by atoms with van der Waals surface area (Å²) in [5.41, 5.74) is 6.67. The van der Waals surface area contributed by atoms with Crippen LogP contribution in [-0.4, -0.2) is 19.1 Å². The van der Waals surface area contributed by atoms with E-state index in [1.54, 1.807) is 0 Å². The highest BCUT2D eigenvalue weighted by molar-refractivity contribution is 6.34. The van der Waals surface area contributed by atoms with Gasteiger partial charge in [0.1, 0.15) is 0 Å². The average Bonchev–Trinajstić information content (AvgIpc) is 2.75. The number of nitrogens with zero attached hydrogens (tertiary/aromatic N) is 1. The Kier molecular flexibility index (Phi) is 2.73. The second-order valence-electron chi connectivity index (χ2n) is 4.57. The highest BCUT2D eigenvalue weighted by Crippen LogP contribution is 2.32. The van der Waals surface area contributed by atoms with Gasteiger partial charge in [0.2, 0.25) is 0 Å². The number of halogens is 1. The third-order valence-electron chi connectivity index (χ3n) is 3.33. The first-order chi connectivity index (χ1) is 8.24. The molecule has 1 aromatic carbocycles. The van der Waals surface area contributed by atoms with E-state index in [1.165, 1.54) is 0 Å². The smallest absolute Gasteiger partial charge is 0.196 e.